The van der Waals surface area contributed by atoms with E-state index in [-0.39, 0.29) is 24.2 Å². The van der Waals surface area contributed by atoms with Gasteiger partial charge in [-0.05, 0) is 18.1 Å². The number of nitrogens with two attached hydrogens (primary N) is 1. The van der Waals surface area contributed by atoms with Gasteiger partial charge in [0.15, 0.2) is 0 Å². The molecule has 6 nitrogen and oxygen atoms in total. The fourth-order valence-electron chi connectivity index (χ4n) is 1.23. The molecule has 98 valence electrons. The Morgan fingerprint density at radius 2 is 2.11 bits per heavy atom. The predicted octanol–water partition coefficient (Wildman–Crippen LogP) is 0.166. The molecule has 4 N–H and O–H groups in total. The highest BCUT2D eigenvalue weighted by Crippen LogP contribution is 2.02. The summed E-state index contributed by atoms with van der Waals surface area (Å²) in [6.45, 7) is 4.54. The Morgan fingerprint density at radius 1 is 1.39 bits per heavy atom. The highest BCUT2D eigenvalue weighted by atomic mass is 16.2. The third kappa shape index (κ3) is 4.82. The zero-order chi connectivity index (χ0) is 13.5. The van der Waals surface area contributed by atoms with E-state index in [1.807, 2.05) is 13.8 Å². The Balaban J connectivity index is 2.39. The van der Waals surface area contributed by atoms with Crippen LogP contribution in [0.5, 0.6) is 0 Å². The molecule has 0 spiro atoms. The molecule has 0 unspecified atom stereocenters. The number of aromatic nitrogens is 1. The van der Waals surface area contributed by atoms with Gasteiger partial charge in [-0.25, -0.2) is 4.98 Å². The standard InChI is InChI=1S/C12H18N4O2/c1-8(2)6-15-11(17)7-16-12(18)9-3-4-14-10(13)5-9/h3-5,8H,6-7H2,1-2H3,(H2,13,14)(H,15,17)(H,16,18). The number of pyridine rings is 1. The van der Waals surface area contributed by atoms with E-state index in [9.17, 15) is 9.59 Å². The van der Waals surface area contributed by atoms with Crippen molar-refractivity contribution >= 4 is 17.6 Å². The number of nitrogens with zero attached hydrogens (tertiary/aromatic N) is 1. The first kappa shape index (κ1) is 14.0. The minimum absolute atomic E-state index is 0.0478. The van der Waals surface area contributed by atoms with Crippen LogP contribution in [0.1, 0.15) is 24.2 Å². The normalized spacial score (nSPS) is 10.2. The fraction of sp³-hybridized carbons (Fsp3) is 0.417. The van der Waals surface area contributed by atoms with Crippen molar-refractivity contribution in [2.45, 2.75) is 13.8 Å². The smallest absolute Gasteiger partial charge is 0.251 e. The summed E-state index contributed by atoms with van der Waals surface area (Å²) in [6, 6.07) is 3.00. The highest BCUT2D eigenvalue weighted by molar-refractivity contribution is 5.96. The van der Waals surface area contributed by atoms with E-state index in [0.717, 1.165) is 0 Å². The van der Waals surface area contributed by atoms with Crippen LogP contribution >= 0.6 is 0 Å². The van der Waals surface area contributed by atoms with E-state index in [0.29, 0.717) is 18.0 Å². The lowest BCUT2D eigenvalue weighted by atomic mass is 10.2. The monoisotopic (exact) mass is 250 g/mol. The lowest BCUT2D eigenvalue weighted by Crippen LogP contribution is -2.38. The van der Waals surface area contributed by atoms with Crippen molar-refractivity contribution in [1.29, 1.82) is 0 Å². The minimum atomic E-state index is -0.344. The van der Waals surface area contributed by atoms with Crippen LogP contribution in [0, 0.1) is 5.92 Å². The number of hydrogen-bond acceptors (Lipinski definition) is 4. The molecule has 1 heterocycles. The molecule has 0 saturated carbocycles. The largest absolute Gasteiger partial charge is 0.384 e. The van der Waals surface area contributed by atoms with Gasteiger partial charge in [0, 0.05) is 18.3 Å². The van der Waals surface area contributed by atoms with Crippen molar-refractivity contribution in [3.8, 4) is 0 Å². The maximum Gasteiger partial charge on any atom is 0.251 e. The third-order valence-corrected chi connectivity index (χ3v) is 2.16. The van der Waals surface area contributed by atoms with Gasteiger partial charge in [0.05, 0.1) is 6.54 Å². The van der Waals surface area contributed by atoms with Crippen molar-refractivity contribution in [2.75, 3.05) is 18.8 Å². The number of rotatable bonds is 5. The summed E-state index contributed by atoms with van der Waals surface area (Å²) in [6.07, 6.45) is 1.45. The zero-order valence-electron chi connectivity index (χ0n) is 10.6. The zero-order valence-corrected chi connectivity index (χ0v) is 10.6. The Morgan fingerprint density at radius 3 is 2.72 bits per heavy atom. The number of carbonyl (C=O) groups excluding carboxylic acids is 2. The molecule has 2 amide bonds. The molecule has 0 aliphatic carbocycles. The summed E-state index contributed by atoms with van der Waals surface area (Å²) in [4.78, 5) is 26.8. The first-order chi connectivity index (χ1) is 8.49. The van der Waals surface area contributed by atoms with Crippen molar-refractivity contribution in [1.82, 2.24) is 15.6 Å². The van der Waals surface area contributed by atoms with Gasteiger partial charge in [0.1, 0.15) is 5.82 Å². The maximum absolute atomic E-state index is 11.7. The van der Waals surface area contributed by atoms with Crippen molar-refractivity contribution in [3.63, 3.8) is 0 Å². The summed E-state index contributed by atoms with van der Waals surface area (Å²) < 4.78 is 0. The van der Waals surface area contributed by atoms with E-state index in [1.165, 1.54) is 18.3 Å². The first-order valence-electron chi connectivity index (χ1n) is 5.75. The average Bonchev–Trinajstić information content (AvgIpc) is 2.33. The molecule has 1 aromatic heterocycles. The van der Waals surface area contributed by atoms with Crippen molar-refractivity contribution < 1.29 is 9.59 Å². The van der Waals surface area contributed by atoms with Crippen LogP contribution < -0.4 is 16.4 Å². The Kier molecular flexibility index (Phi) is 5.10. The van der Waals surface area contributed by atoms with Gasteiger partial charge in [0.2, 0.25) is 5.91 Å². The molecule has 0 aliphatic rings. The van der Waals surface area contributed by atoms with Gasteiger partial charge < -0.3 is 16.4 Å². The quantitative estimate of drug-likeness (QED) is 0.693. The Labute approximate surface area is 106 Å². The molecule has 18 heavy (non-hydrogen) atoms. The van der Waals surface area contributed by atoms with Crippen LogP contribution in [0.25, 0.3) is 0 Å². The summed E-state index contributed by atoms with van der Waals surface area (Å²) in [5.41, 5.74) is 5.85. The minimum Gasteiger partial charge on any atom is -0.384 e. The second kappa shape index (κ2) is 6.58. The van der Waals surface area contributed by atoms with Gasteiger partial charge in [-0.3, -0.25) is 9.59 Å². The van der Waals surface area contributed by atoms with Crippen LogP contribution in [-0.4, -0.2) is 29.9 Å². The van der Waals surface area contributed by atoms with Crippen molar-refractivity contribution in [2.24, 2.45) is 5.92 Å². The Bertz CT molecular complexity index is 432. The second-order valence-electron chi connectivity index (χ2n) is 4.35. The van der Waals surface area contributed by atoms with Crippen molar-refractivity contribution in [3.05, 3.63) is 23.9 Å². The number of amides is 2. The van der Waals surface area contributed by atoms with E-state index in [2.05, 4.69) is 15.6 Å². The summed E-state index contributed by atoms with van der Waals surface area (Å²) in [7, 11) is 0. The van der Waals surface area contributed by atoms with Crippen LogP contribution in [-0.2, 0) is 4.79 Å². The Hall–Kier alpha value is -2.11. The predicted molar refractivity (Wildman–Crippen MR) is 68.8 cm³/mol. The van der Waals surface area contributed by atoms with Crippen LogP contribution in [0.4, 0.5) is 5.82 Å². The third-order valence-electron chi connectivity index (χ3n) is 2.16. The van der Waals surface area contributed by atoms with Crippen LogP contribution in [0.15, 0.2) is 18.3 Å². The van der Waals surface area contributed by atoms with Gasteiger partial charge >= 0.3 is 0 Å². The maximum atomic E-state index is 11.7. The van der Waals surface area contributed by atoms with Gasteiger partial charge in [-0.1, -0.05) is 13.8 Å². The lowest BCUT2D eigenvalue weighted by molar-refractivity contribution is -0.120. The van der Waals surface area contributed by atoms with E-state index in [1.54, 1.807) is 0 Å². The molecule has 0 aliphatic heterocycles. The van der Waals surface area contributed by atoms with E-state index < -0.39 is 0 Å². The van der Waals surface area contributed by atoms with Gasteiger partial charge in [0.25, 0.3) is 5.91 Å². The molecule has 0 atom stereocenters. The lowest BCUT2D eigenvalue weighted by Gasteiger charge is -2.08. The summed E-state index contributed by atoms with van der Waals surface area (Å²) in [5.74, 6) is 0.0967. The number of carbonyl (C=O) groups is 2. The van der Waals surface area contributed by atoms with Crippen LogP contribution in [0.3, 0.4) is 0 Å². The molecule has 0 saturated heterocycles. The van der Waals surface area contributed by atoms with E-state index >= 15 is 0 Å². The number of nitrogen functional groups attached to an aromatic ring is 1. The molecule has 0 bridgehead atoms. The highest BCUT2D eigenvalue weighted by Gasteiger charge is 2.08. The number of anilines is 1. The van der Waals surface area contributed by atoms with Crippen LogP contribution in [0.2, 0.25) is 0 Å². The summed E-state index contributed by atoms with van der Waals surface area (Å²) >= 11 is 0. The molecule has 6 heteroatoms. The molecule has 0 fully saturated rings. The second-order valence-corrected chi connectivity index (χ2v) is 4.35. The number of hydrogen-bond donors (Lipinski definition) is 3. The molecule has 1 rings (SSSR count). The SMILES string of the molecule is CC(C)CNC(=O)CNC(=O)c1ccnc(N)c1. The molecule has 0 aromatic carbocycles. The van der Waals surface area contributed by atoms with Gasteiger partial charge in [-0.2, -0.15) is 0 Å². The average molecular weight is 250 g/mol. The molecule has 0 radical (unpaired) electrons. The molecule has 1 aromatic rings. The number of nitrogens with one attached hydrogen (secondary N) is 2. The first-order valence-corrected chi connectivity index (χ1v) is 5.75. The fourth-order valence-corrected chi connectivity index (χ4v) is 1.23. The molecular weight excluding hydrogens is 232 g/mol. The van der Waals surface area contributed by atoms with Gasteiger partial charge in [-0.15, -0.1) is 0 Å². The topological polar surface area (TPSA) is 97.1 Å². The summed E-state index contributed by atoms with van der Waals surface area (Å²) in [5, 5.41) is 5.22. The van der Waals surface area contributed by atoms with E-state index in [4.69, 9.17) is 5.73 Å². The molecular formula is C12H18N4O2.